The average Bonchev–Trinajstić information content (AvgIpc) is 3.55. The van der Waals surface area contributed by atoms with E-state index in [2.05, 4.69) is 35.1 Å². The molecule has 10 nitrogen and oxygen atoms in total. The minimum Gasteiger partial charge on any atom is -0.493 e. The Balaban J connectivity index is 1.07. The summed E-state index contributed by atoms with van der Waals surface area (Å²) in [4.78, 5) is 13.5. The number of methoxy groups -OCH3 is 1. The van der Waals surface area contributed by atoms with Crippen LogP contribution < -0.4 is 9.64 Å². The first-order chi connectivity index (χ1) is 19.8. The zero-order chi connectivity index (χ0) is 28.2. The summed E-state index contributed by atoms with van der Waals surface area (Å²) in [6, 6.07) is 5.30. The molecule has 1 N–H and O–H groups in total. The zero-order valence-electron chi connectivity index (χ0n) is 22.7. The van der Waals surface area contributed by atoms with Gasteiger partial charge in [0.25, 0.3) is 0 Å². The van der Waals surface area contributed by atoms with E-state index in [0.717, 1.165) is 70.4 Å². The molecule has 3 fully saturated rings. The number of aromatic amines is 1. The van der Waals surface area contributed by atoms with Crippen molar-refractivity contribution in [2.45, 2.75) is 25.4 Å². The number of likely N-dealkylation sites (tertiary alicyclic amines) is 1. The second-order valence-electron chi connectivity index (χ2n) is 11.5. The first-order valence-electron chi connectivity index (χ1n) is 13.8. The highest BCUT2D eigenvalue weighted by molar-refractivity contribution is 5.75. The number of aromatic nitrogens is 6. The highest BCUT2D eigenvalue weighted by Crippen LogP contribution is 2.43. The summed E-state index contributed by atoms with van der Waals surface area (Å²) in [5, 5.41) is 11.2. The molecule has 3 aliphatic rings. The summed E-state index contributed by atoms with van der Waals surface area (Å²) < 4.78 is 53.5. The summed E-state index contributed by atoms with van der Waals surface area (Å²) >= 11 is 0. The minimum absolute atomic E-state index is 0.0151. The molecule has 0 aromatic carbocycles. The number of nitrogens with zero attached hydrogens (tertiary/aromatic N) is 7. The number of pyridine rings is 2. The zero-order valence-corrected chi connectivity index (χ0v) is 22.7. The fraction of sp³-hybridized carbons (Fsp3) is 0.500. The van der Waals surface area contributed by atoms with Gasteiger partial charge in [-0.05, 0) is 37.0 Å². The van der Waals surface area contributed by atoms with Crippen LogP contribution in [0.3, 0.4) is 0 Å². The van der Waals surface area contributed by atoms with Gasteiger partial charge < -0.3 is 19.3 Å². The Bertz CT molecular complexity index is 1530. The van der Waals surface area contributed by atoms with Gasteiger partial charge in [0.15, 0.2) is 11.4 Å². The largest absolute Gasteiger partial charge is 0.493 e. The molecule has 7 heterocycles. The molecular formula is C28H31F3N8O2. The number of fused-ring (bicyclic) bond motifs is 1. The van der Waals surface area contributed by atoms with Crippen molar-refractivity contribution in [3.8, 4) is 28.4 Å². The van der Waals surface area contributed by atoms with E-state index in [9.17, 15) is 13.2 Å². The lowest BCUT2D eigenvalue weighted by atomic mass is 9.72. The third-order valence-electron chi connectivity index (χ3n) is 8.48. The van der Waals surface area contributed by atoms with Gasteiger partial charge in [-0.1, -0.05) is 0 Å². The van der Waals surface area contributed by atoms with Gasteiger partial charge in [-0.15, -0.1) is 0 Å². The maximum Gasteiger partial charge on any atom is 0.393 e. The van der Waals surface area contributed by atoms with E-state index >= 15 is 0 Å². The van der Waals surface area contributed by atoms with Gasteiger partial charge in [0.05, 0.1) is 42.5 Å². The van der Waals surface area contributed by atoms with Crippen molar-refractivity contribution in [3.63, 3.8) is 0 Å². The highest BCUT2D eigenvalue weighted by atomic mass is 19.4. The Morgan fingerprint density at radius 3 is 2.63 bits per heavy atom. The monoisotopic (exact) mass is 568 g/mol. The first kappa shape index (κ1) is 26.2. The molecule has 7 rings (SSSR count). The lowest BCUT2D eigenvalue weighted by molar-refractivity contribution is -0.127. The van der Waals surface area contributed by atoms with Crippen molar-refractivity contribution in [1.82, 2.24) is 34.7 Å². The van der Waals surface area contributed by atoms with Crippen LogP contribution in [0.15, 0.2) is 36.9 Å². The van der Waals surface area contributed by atoms with Crippen LogP contribution in [-0.4, -0.2) is 93.9 Å². The van der Waals surface area contributed by atoms with E-state index in [-0.39, 0.29) is 17.0 Å². The molecule has 0 aliphatic carbocycles. The third-order valence-corrected chi connectivity index (χ3v) is 8.48. The second kappa shape index (κ2) is 9.98. The van der Waals surface area contributed by atoms with Crippen LogP contribution in [0.5, 0.6) is 5.75 Å². The van der Waals surface area contributed by atoms with E-state index in [1.165, 1.54) is 18.0 Å². The number of ether oxygens (including phenoxy) is 2. The predicted octanol–water partition coefficient (Wildman–Crippen LogP) is 3.84. The molecule has 13 heteroatoms. The van der Waals surface area contributed by atoms with Crippen molar-refractivity contribution in [2.24, 2.45) is 11.3 Å². The summed E-state index contributed by atoms with van der Waals surface area (Å²) in [5.41, 5.74) is 3.03. The van der Waals surface area contributed by atoms with Crippen molar-refractivity contribution in [2.75, 3.05) is 57.9 Å². The Morgan fingerprint density at radius 1 is 1.12 bits per heavy atom. The molecule has 3 saturated heterocycles. The number of hydrogen-bond acceptors (Lipinski definition) is 8. The molecule has 3 aliphatic heterocycles. The van der Waals surface area contributed by atoms with Gasteiger partial charge in [-0.3, -0.25) is 10.1 Å². The fourth-order valence-electron chi connectivity index (χ4n) is 6.56. The van der Waals surface area contributed by atoms with Gasteiger partial charge in [-0.25, -0.2) is 9.50 Å². The molecule has 0 radical (unpaired) electrons. The van der Waals surface area contributed by atoms with Crippen LogP contribution >= 0.6 is 0 Å². The van der Waals surface area contributed by atoms with E-state index in [0.29, 0.717) is 28.1 Å². The van der Waals surface area contributed by atoms with Crippen LogP contribution in [0.1, 0.15) is 18.4 Å². The van der Waals surface area contributed by atoms with Gasteiger partial charge in [0, 0.05) is 68.7 Å². The number of H-pyrrole nitrogens is 1. The topological polar surface area (TPSA) is 96.7 Å². The first-order valence-corrected chi connectivity index (χ1v) is 13.8. The molecule has 1 spiro atoms. The van der Waals surface area contributed by atoms with E-state index in [4.69, 9.17) is 9.47 Å². The van der Waals surface area contributed by atoms with Crippen molar-refractivity contribution >= 4 is 11.3 Å². The normalized spacial score (nSPS) is 19.5. The lowest BCUT2D eigenvalue weighted by Crippen LogP contribution is -2.72. The smallest absolute Gasteiger partial charge is 0.393 e. The van der Waals surface area contributed by atoms with Gasteiger partial charge in [0.1, 0.15) is 6.33 Å². The van der Waals surface area contributed by atoms with Crippen LogP contribution in [0, 0.1) is 11.3 Å². The van der Waals surface area contributed by atoms with E-state index in [1.54, 1.807) is 24.5 Å². The van der Waals surface area contributed by atoms with Gasteiger partial charge >= 0.3 is 6.18 Å². The molecule has 41 heavy (non-hydrogen) atoms. The van der Waals surface area contributed by atoms with Gasteiger partial charge in [-0.2, -0.15) is 23.4 Å². The molecule has 0 saturated carbocycles. The standard InChI is InChI=1S/C28H31F3N8O2/c1-40-23-8-19(12-39-26(23)33-17-34-39)24-21(9-28(29,30)31)25(36-35-24)22-3-2-20(10-32-22)38-15-27(16-38)13-37(14-27)11-18-4-6-41-7-5-18/h2-3,8,10,12,17-18H,4-7,9,11,13-16H2,1H3,(H,35,36). The predicted molar refractivity (Wildman–Crippen MR) is 145 cm³/mol. The highest BCUT2D eigenvalue weighted by Gasteiger charge is 2.51. The summed E-state index contributed by atoms with van der Waals surface area (Å²) in [5.74, 6) is 1.13. The lowest BCUT2D eigenvalue weighted by Gasteiger charge is -2.61. The number of rotatable bonds is 7. The average molecular weight is 569 g/mol. The van der Waals surface area contributed by atoms with Crippen LogP contribution in [-0.2, 0) is 11.2 Å². The van der Waals surface area contributed by atoms with Gasteiger partial charge in [0.2, 0.25) is 0 Å². The summed E-state index contributed by atoms with van der Waals surface area (Å²) in [7, 11) is 1.47. The molecule has 216 valence electrons. The molecule has 0 bridgehead atoms. The third kappa shape index (κ3) is 5.01. The SMILES string of the molecule is COc1cc(-c2n[nH]c(-c3ccc(N4CC5(CN(CC6CCOCC6)C5)C4)cn3)c2CC(F)(F)F)cn2ncnc12. The van der Waals surface area contributed by atoms with Crippen LogP contribution in [0.4, 0.5) is 18.9 Å². The van der Waals surface area contributed by atoms with Crippen molar-refractivity contribution in [1.29, 1.82) is 0 Å². The molecular weight excluding hydrogens is 537 g/mol. The Hall–Kier alpha value is -3.71. The minimum atomic E-state index is -4.44. The molecule has 0 unspecified atom stereocenters. The maximum absolute atomic E-state index is 13.7. The fourth-order valence-corrected chi connectivity index (χ4v) is 6.56. The van der Waals surface area contributed by atoms with E-state index < -0.39 is 12.6 Å². The number of hydrogen-bond donors (Lipinski definition) is 1. The van der Waals surface area contributed by atoms with Crippen molar-refractivity contribution < 1.29 is 22.6 Å². The van der Waals surface area contributed by atoms with E-state index in [1.807, 2.05) is 6.07 Å². The Labute approximate surface area is 234 Å². The van der Waals surface area contributed by atoms with Crippen LogP contribution in [0.2, 0.25) is 0 Å². The number of anilines is 1. The quantitative estimate of drug-likeness (QED) is 0.359. The van der Waals surface area contributed by atoms with Crippen LogP contribution in [0.25, 0.3) is 28.3 Å². The number of halogens is 3. The Morgan fingerprint density at radius 2 is 1.93 bits per heavy atom. The Kier molecular flexibility index (Phi) is 6.38. The second-order valence-corrected chi connectivity index (χ2v) is 11.5. The summed E-state index contributed by atoms with van der Waals surface area (Å²) in [6.45, 7) is 7.10. The number of nitrogens with one attached hydrogen (secondary N) is 1. The maximum atomic E-state index is 13.7. The number of alkyl halides is 3. The molecule has 4 aromatic rings. The summed E-state index contributed by atoms with van der Waals surface area (Å²) in [6.07, 6.45) is 1.39. The van der Waals surface area contributed by atoms with Crippen molar-refractivity contribution in [3.05, 3.63) is 42.5 Å². The molecule has 0 atom stereocenters. The molecule has 0 amide bonds. The molecule has 4 aromatic heterocycles.